The highest BCUT2D eigenvalue weighted by molar-refractivity contribution is 6.18. The lowest BCUT2D eigenvalue weighted by molar-refractivity contribution is -0.151. The van der Waals surface area contributed by atoms with Gasteiger partial charge in [-0.2, -0.15) is 15.0 Å². The van der Waals surface area contributed by atoms with Crippen LogP contribution in [0.3, 0.4) is 0 Å². The van der Waals surface area contributed by atoms with E-state index in [4.69, 9.17) is 23.7 Å². The molecule has 1 heterocycles. The van der Waals surface area contributed by atoms with Crippen molar-refractivity contribution >= 4 is 76.9 Å². The fourth-order valence-corrected chi connectivity index (χ4v) is 6.36. The molecule has 0 saturated heterocycles. The van der Waals surface area contributed by atoms with Crippen LogP contribution in [0.4, 0.5) is 34.9 Å². The number of hydrogen-bond donors (Lipinski definition) is 3. The number of hydrogen-bond acceptors (Lipinski definition) is 16. The van der Waals surface area contributed by atoms with Gasteiger partial charge in [-0.3, -0.25) is 0 Å². The van der Waals surface area contributed by atoms with Gasteiger partial charge in [-0.05, 0) is 93.7 Å². The van der Waals surface area contributed by atoms with Crippen LogP contribution < -0.4 is 16.0 Å². The van der Waals surface area contributed by atoms with Gasteiger partial charge in [-0.1, -0.05) is 153 Å². The number of nitrogens with zero attached hydrogens (tertiary/aromatic N) is 3. The Kier molecular flexibility index (Phi) is 21.5. The molecule has 1 atom stereocenters. The minimum atomic E-state index is -0.790. The fourth-order valence-electron chi connectivity index (χ4n) is 6.36. The lowest BCUT2D eigenvalue weighted by Gasteiger charge is -2.20. The van der Waals surface area contributed by atoms with Crippen molar-refractivity contribution in [2.45, 2.75) is 123 Å². The maximum absolute atomic E-state index is 13.5. The fraction of sp³-hybridized carbons (Fsp3) is 0.483. The number of aromatic nitrogens is 3. The van der Waals surface area contributed by atoms with Gasteiger partial charge in [0.2, 0.25) is 17.8 Å². The molecule has 4 aromatic rings. The van der Waals surface area contributed by atoms with Crippen LogP contribution in [0, 0.1) is 27.6 Å². The molecule has 0 aliphatic heterocycles. The van der Waals surface area contributed by atoms with E-state index in [9.17, 15) is 24.0 Å². The van der Waals surface area contributed by atoms with Gasteiger partial charge in [0.15, 0.2) is 0 Å². The predicted molar refractivity (Wildman–Crippen MR) is 290 cm³/mol. The summed E-state index contributed by atoms with van der Waals surface area (Å²) in [5.74, 6) is -3.10. The molecule has 0 spiro atoms. The van der Waals surface area contributed by atoms with E-state index in [1.54, 1.807) is 72.8 Å². The Hall–Kier alpha value is -7.10. The van der Waals surface area contributed by atoms with Crippen molar-refractivity contribution in [2.75, 3.05) is 49.0 Å². The molecule has 0 saturated carbocycles. The summed E-state index contributed by atoms with van der Waals surface area (Å²) in [5.41, 5.74) is 1.06. The number of carbonyl (C=O) groups excluding carboxylic acids is 5. The average molecular weight is 1020 g/mol. The smallest absolute Gasteiger partial charge is 0.345 e. The number of anilines is 6. The first-order valence-electron chi connectivity index (χ1n) is 25.3. The summed E-state index contributed by atoms with van der Waals surface area (Å²) in [6.45, 7) is 28.0. The summed E-state index contributed by atoms with van der Waals surface area (Å²) in [5, 5.41) is 9.60. The van der Waals surface area contributed by atoms with Crippen LogP contribution in [0.5, 0.6) is 0 Å². The summed E-state index contributed by atoms with van der Waals surface area (Å²) in [7, 11) is 0. The van der Waals surface area contributed by atoms with Crippen molar-refractivity contribution in [3.05, 3.63) is 101 Å². The SMILES string of the molecule is CCCCC(CC)COC(=O)c1ccccc1Nc1nc(Nc2ccc(C=C(C(=O)OCC(C)(C)C)C(=O)OCC(C)(C)C)cc2)nc(Nc2ccc(C=C(C(=O)OCC(C)(C)C)C(=O)OCC(C)(C)C)cc2)n1. The van der Waals surface area contributed by atoms with Crippen molar-refractivity contribution in [2.24, 2.45) is 27.6 Å². The second kappa shape index (κ2) is 26.7. The first kappa shape index (κ1) is 59.5. The summed E-state index contributed by atoms with van der Waals surface area (Å²) in [6.07, 6.45) is 6.83. The number of para-hydroxylation sites is 1. The quantitative estimate of drug-likeness (QED) is 0.0208. The van der Waals surface area contributed by atoms with Crippen LogP contribution >= 0.6 is 0 Å². The van der Waals surface area contributed by atoms with Crippen LogP contribution in [0.2, 0.25) is 0 Å². The molecule has 3 N–H and O–H groups in total. The number of benzene rings is 3. The largest absolute Gasteiger partial charge is 0.462 e. The Bertz CT molecular complexity index is 2400. The van der Waals surface area contributed by atoms with E-state index in [-0.39, 0.29) is 83.0 Å². The summed E-state index contributed by atoms with van der Waals surface area (Å²) < 4.78 is 27.9. The Balaban J connectivity index is 1.70. The highest BCUT2D eigenvalue weighted by atomic mass is 16.6. The van der Waals surface area contributed by atoms with E-state index in [0.29, 0.717) is 40.4 Å². The van der Waals surface area contributed by atoms with Gasteiger partial charge in [0.25, 0.3) is 0 Å². The molecule has 3 aromatic carbocycles. The summed E-state index contributed by atoms with van der Waals surface area (Å²) in [6, 6.07) is 20.7. The van der Waals surface area contributed by atoms with E-state index in [0.717, 1.165) is 25.7 Å². The molecular weight excluding hydrogens is 941 g/mol. The number of nitrogens with one attached hydrogen (secondary N) is 3. The molecule has 0 fully saturated rings. The minimum absolute atomic E-state index is 0.0816. The molecule has 74 heavy (non-hydrogen) atoms. The van der Waals surface area contributed by atoms with Crippen molar-refractivity contribution < 1.29 is 47.7 Å². The Labute approximate surface area is 437 Å². The highest BCUT2D eigenvalue weighted by Crippen LogP contribution is 2.27. The predicted octanol–water partition coefficient (Wildman–Crippen LogP) is 12.6. The highest BCUT2D eigenvalue weighted by Gasteiger charge is 2.28. The van der Waals surface area contributed by atoms with Crippen LogP contribution in [0.1, 0.15) is 144 Å². The monoisotopic (exact) mass is 1020 g/mol. The van der Waals surface area contributed by atoms with Crippen molar-refractivity contribution in [1.29, 1.82) is 0 Å². The first-order chi connectivity index (χ1) is 34.6. The molecular formula is C58H78N6O10. The molecule has 0 aliphatic rings. The van der Waals surface area contributed by atoms with Gasteiger partial charge < -0.3 is 39.6 Å². The van der Waals surface area contributed by atoms with Gasteiger partial charge in [0, 0.05) is 11.4 Å². The zero-order valence-corrected chi connectivity index (χ0v) is 45.9. The van der Waals surface area contributed by atoms with Gasteiger partial charge in [-0.15, -0.1) is 0 Å². The van der Waals surface area contributed by atoms with Crippen molar-refractivity contribution in [1.82, 2.24) is 15.0 Å². The minimum Gasteiger partial charge on any atom is -0.462 e. The second-order valence-corrected chi connectivity index (χ2v) is 23.1. The molecule has 0 bridgehead atoms. The number of ether oxygens (including phenoxy) is 5. The molecule has 0 amide bonds. The number of rotatable bonds is 23. The maximum atomic E-state index is 13.5. The van der Waals surface area contributed by atoms with Crippen LogP contribution in [-0.4, -0.2) is 77.8 Å². The molecule has 4 rings (SSSR count). The standard InChI is InChI=1S/C58H78N6O10/c1-15-17-20-38(16-2)33-70-47(65)43-21-18-19-22-46(43)61-54-63-52(59-41-27-23-39(24-28-41)31-44(48(66)71-34-55(3,4)5)49(67)72-35-56(6,7)8)62-53(64-54)60-42-29-25-40(26-30-42)32-45(50(68)73-36-57(9,10)11)51(69)74-37-58(12,13)14/h18-19,21-32,38H,15-17,20,33-37H2,1-14H3,(H3,59,60,61,62,63,64). The van der Waals surface area contributed by atoms with Crippen LogP contribution in [0.25, 0.3) is 12.2 Å². The molecule has 0 aliphatic carbocycles. The zero-order valence-electron chi connectivity index (χ0n) is 45.9. The number of esters is 5. The van der Waals surface area contributed by atoms with E-state index >= 15 is 0 Å². The number of carbonyl (C=O) groups is 5. The van der Waals surface area contributed by atoms with Gasteiger partial charge in [0.1, 0.15) is 11.1 Å². The van der Waals surface area contributed by atoms with E-state index in [1.807, 2.05) is 83.1 Å². The molecule has 16 nitrogen and oxygen atoms in total. The summed E-state index contributed by atoms with van der Waals surface area (Å²) >= 11 is 0. The van der Waals surface area contributed by atoms with Crippen molar-refractivity contribution in [3.63, 3.8) is 0 Å². The van der Waals surface area contributed by atoms with E-state index in [1.165, 1.54) is 12.2 Å². The Morgan fingerprint density at radius 2 is 0.865 bits per heavy atom. The van der Waals surface area contributed by atoms with Gasteiger partial charge >= 0.3 is 29.8 Å². The first-order valence-corrected chi connectivity index (χ1v) is 25.3. The van der Waals surface area contributed by atoms with E-state index in [2.05, 4.69) is 44.7 Å². The topological polar surface area (TPSA) is 206 Å². The third kappa shape index (κ3) is 21.5. The van der Waals surface area contributed by atoms with Crippen LogP contribution in [0.15, 0.2) is 83.9 Å². The Morgan fingerprint density at radius 1 is 0.500 bits per heavy atom. The molecule has 400 valence electrons. The molecule has 1 unspecified atom stereocenters. The maximum Gasteiger partial charge on any atom is 0.345 e. The van der Waals surface area contributed by atoms with Gasteiger partial charge in [0.05, 0.1) is 44.3 Å². The lowest BCUT2D eigenvalue weighted by atomic mass is 9.98. The Morgan fingerprint density at radius 3 is 1.22 bits per heavy atom. The third-order valence-electron chi connectivity index (χ3n) is 10.4. The second-order valence-electron chi connectivity index (χ2n) is 23.1. The normalized spacial score (nSPS) is 12.1. The average Bonchev–Trinajstić information content (AvgIpc) is 3.32. The molecule has 1 aromatic heterocycles. The zero-order chi connectivity index (χ0) is 54.9. The lowest BCUT2D eigenvalue weighted by Crippen LogP contribution is -2.25. The van der Waals surface area contributed by atoms with Crippen molar-refractivity contribution in [3.8, 4) is 0 Å². The third-order valence-corrected chi connectivity index (χ3v) is 10.4. The van der Waals surface area contributed by atoms with Crippen LogP contribution in [-0.2, 0) is 42.9 Å². The summed E-state index contributed by atoms with van der Waals surface area (Å²) in [4.78, 5) is 80.6. The van der Waals surface area contributed by atoms with E-state index < -0.39 is 29.8 Å². The van der Waals surface area contributed by atoms with Gasteiger partial charge in [-0.25, -0.2) is 24.0 Å². The number of unbranched alkanes of at least 4 members (excludes halogenated alkanes) is 1. The molecule has 0 radical (unpaired) electrons. The molecule has 16 heteroatoms.